The number of likely N-dealkylation sites (tertiary alicyclic amines) is 1. The zero-order valence-corrected chi connectivity index (χ0v) is 14.0. The van der Waals surface area contributed by atoms with Crippen LogP contribution in [0.2, 0.25) is 0 Å². The predicted molar refractivity (Wildman–Crippen MR) is 91.5 cm³/mol. The molecule has 1 unspecified atom stereocenters. The molecule has 0 spiro atoms. The Balaban J connectivity index is 1.40. The normalized spacial score (nSPS) is 20.6. The molecule has 2 fully saturated rings. The first-order valence-corrected chi connectivity index (χ1v) is 8.73. The van der Waals surface area contributed by atoms with Crippen molar-refractivity contribution in [2.24, 2.45) is 5.92 Å². The van der Waals surface area contributed by atoms with E-state index in [1.807, 2.05) is 34.9 Å². The van der Waals surface area contributed by atoms with Gasteiger partial charge in [0.2, 0.25) is 17.8 Å². The second-order valence-electron chi connectivity index (χ2n) is 6.78. The van der Waals surface area contributed by atoms with Crippen molar-refractivity contribution in [2.75, 3.05) is 11.9 Å². The van der Waals surface area contributed by atoms with Crippen LogP contribution < -0.4 is 5.32 Å². The highest BCUT2D eigenvalue weighted by Crippen LogP contribution is 2.36. The number of carbonyl (C=O) groups excluding carboxylic acids is 2. The lowest BCUT2D eigenvalue weighted by molar-refractivity contribution is -0.137. The number of nitrogens with zero attached hydrogens (tertiary/aromatic N) is 4. The summed E-state index contributed by atoms with van der Waals surface area (Å²) in [5.41, 5.74) is 1.07. The Morgan fingerprint density at radius 1 is 1.20 bits per heavy atom. The van der Waals surface area contributed by atoms with Crippen molar-refractivity contribution in [3.63, 3.8) is 0 Å². The second kappa shape index (κ2) is 6.66. The molecule has 0 radical (unpaired) electrons. The number of piperidine rings is 1. The molecular weight excluding hydrogens is 318 g/mol. The standard InChI is InChI=1S/C18H21N5O2/c24-16-9-6-14(11-22(16)10-13-4-2-1-3-5-13)17(25)20-18-21-19-12-23(18)15-7-8-15/h1-5,12,14-15H,6-11H2,(H,20,21,25). The lowest BCUT2D eigenvalue weighted by Crippen LogP contribution is -2.43. The molecule has 0 bridgehead atoms. The Morgan fingerprint density at radius 2 is 2.00 bits per heavy atom. The van der Waals surface area contributed by atoms with Crippen molar-refractivity contribution < 1.29 is 9.59 Å². The van der Waals surface area contributed by atoms with Gasteiger partial charge in [0, 0.05) is 25.6 Å². The van der Waals surface area contributed by atoms with Gasteiger partial charge in [-0.25, -0.2) is 0 Å². The van der Waals surface area contributed by atoms with E-state index in [4.69, 9.17) is 0 Å². The summed E-state index contributed by atoms with van der Waals surface area (Å²) >= 11 is 0. The van der Waals surface area contributed by atoms with Crippen LogP contribution in [0.15, 0.2) is 36.7 Å². The third kappa shape index (κ3) is 3.55. The number of carbonyl (C=O) groups is 2. The van der Waals surface area contributed by atoms with E-state index < -0.39 is 0 Å². The topological polar surface area (TPSA) is 80.1 Å². The summed E-state index contributed by atoms with van der Waals surface area (Å²) in [5.74, 6) is 0.319. The molecule has 1 N–H and O–H groups in total. The molecule has 4 rings (SSSR count). The molecule has 1 saturated carbocycles. The first-order chi connectivity index (χ1) is 12.2. The number of anilines is 1. The van der Waals surface area contributed by atoms with Crippen LogP contribution in [-0.4, -0.2) is 38.0 Å². The summed E-state index contributed by atoms with van der Waals surface area (Å²) in [7, 11) is 0. The quantitative estimate of drug-likeness (QED) is 0.903. The highest BCUT2D eigenvalue weighted by atomic mass is 16.2. The molecule has 7 heteroatoms. The number of benzene rings is 1. The molecule has 1 aromatic carbocycles. The van der Waals surface area contributed by atoms with Crippen molar-refractivity contribution in [2.45, 2.75) is 38.3 Å². The summed E-state index contributed by atoms with van der Waals surface area (Å²) in [4.78, 5) is 26.6. The molecule has 1 atom stereocenters. The van der Waals surface area contributed by atoms with E-state index in [-0.39, 0.29) is 17.7 Å². The molecule has 2 aromatic rings. The van der Waals surface area contributed by atoms with Crippen molar-refractivity contribution >= 4 is 17.8 Å². The summed E-state index contributed by atoms with van der Waals surface area (Å²) in [6, 6.07) is 10.3. The number of hydrogen-bond donors (Lipinski definition) is 1. The van der Waals surface area contributed by atoms with Gasteiger partial charge in [-0.2, -0.15) is 0 Å². The number of rotatable bonds is 5. The van der Waals surface area contributed by atoms with E-state index in [2.05, 4.69) is 15.5 Å². The lowest BCUT2D eigenvalue weighted by Gasteiger charge is -2.32. The molecule has 25 heavy (non-hydrogen) atoms. The first-order valence-electron chi connectivity index (χ1n) is 8.73. The minimum absolute atomic E-state index is 0.0829. The maximum atomic E-state index is 12.6. The molecule has 1 aromatic heterocycles. The van der Waals surface area contributed by atoms with Gasteiger partial charge < -0.3 is 4.90 Å². The van der Waals surface area contributed by atoms with Crippen LogP contribution in [0.5, 0.6) is 0 Å². The Bertz CT molecular complexity index is 769. The first kappa shape index (κ1) is 15.8. The fourth-order valence-corrected chi connectivity index (χ4v) is 3.25. The third-order valence-electron chi connectivity index (χ3n) is 4.84. The number of nitrogens with one attached hydrogen (secondary N) is 1. The fourth-order valence-electron chi connectivity index (χ4n) is 3.25. The highest BCUT2D eigenvalue weighted by molar-refractivity contribution is 5.92. The third-order valence-corrected chi connectivity index (χ3v) is 4.84. The average Bonchev–Trinajstić information content (AvgIpc) is 3.37. The Morgan fingerprint density at radius 3 is 2.76 bits per heavy atom. The van der Waals surface area contributed by atoms with Gasteiger partial charge in [0.15, 0.2) is 0 Å². The van der Waals surface area contributed by atoms with Crippen LogP contribution in [0.4, 0.5) is 5.95 Å². The van der Waals surface area contributed by atoms with Gasteiger partial charge in [-0.1, -0.05) is 30.3 Å². The smallest absolute Gasteiger partial charge is 0.231 e. The van der Waals surface area contributed by atoms with E-state index in [0.717, 1.165) is 18.4 Å². The van der Waals surface area contributed by atoms with Gasteiger partial charge in [-0.3, -0.25) is 19.5 Å². The molecular formula is C18H21N5O2. The van der Waals surface area contributed by atoms with Crippen molar-refractivity contribution in [3.8, 4) is 0 Å². The van der Waals surface area contributed by atoms with Crippen LogP contribution >= 0.6 is 0 Å². The Hall–Kier alpha value is -2.70. The number of hydrogen-bond acceptors (Lipinski definition) is 4. The molecule has 2 amide bonds. The van der Waals surface area contributed by atoms with Gasteiger partial charge in [-0.15, -0.1) is 10.2 Å². The molecule has 2 heterocycles. The summed E-state index contributed by atoms with van der Waals surface area (Å²) in [5, 5.41) is 10.8. The average molecular weight is 339 g/mol. The zero-order chi connectivity index (χ0) is 17.2. The molecule has 1 aliphatic carbocycles. The van der Waals surface area contributed by atoms with Crippen molar-refractivity contribution in [3.05, 3.63) is 42.2 Å². The Kier molecular flexibility index (Phi) is 4.21. The predicted octanol–water partition coefficient (Wildman–Crippen LogP) is 1.99. The number of aromatic nitrogens is 3. The minimum Gasteiger partial charge on any atom is -0.338 e. The summed E-state index contributed by atoms with van der Waals surface area (Å²) in [6.45, 7) is 0.985. The van der Waals surface area contributed by atoms with E-state index in [1.165, 1.54) is 0 Å². The summed E-state index contributed by atoms with van der Waals surface area (Å²) in [6.07, 6.45) is 4.85. The van der Waals surface area contributed by atoms with E-state index in [0.29, 0.717) is 37.9 Å². The van der Waals surface area contributed by atoms with E-state index >= 15 is 0 Å². The molecule has 130 valence electrons. The van der Waals surface area contributed by atoms with Crippen LogP contribution in [-0.2, 0) is 16.1 Å². The van der Waals surface area contributed by atoms with Gasteiger partial charge in [0.1, 0.15) is 6.33 Å². The minimum atomic E-state index is -0.217. The van der Waals surface area contributed by atoms with Gasteiger partial charge >= 0.3 is 0 Å². The van der Waals surface area contributed by atoms with Crippen molar-refractivity contribution in [1.29, 1.82) is 0 Å². The summed E-state index contributed by atoms with van der Waals surface area (Å²) < 4.78 is 1.92. The van der Waals surface area contributed by atoms with Crippen LogP contribution in [0.25, 0.3) is 0 Å². The zero-order valence-electron chi connectivity index (χ0n) is 14.0. The largest absolute Gasteiger partial charge is 0.338 e. The van der Waals surface area contributed by atoms with Gasteiger partial charge in [0.05, 0.1) is 5.92 Å². The molecule has 1 saturated heterocycles. The molecule has 2 aliphatic rings. The van der Waals surface area contributed by atoms with Crippen LogP contribution in [0.1, 0.15) is 37.3 Å². The van der Waals surface area contributed by atoms with Crippen molar-refractivity contribution in [1.82, 2.24) is 19.7 Å². The van der Waals surface area contributed by atoms with Gasteiger partial charge in [-0.05, 0) is 24.8 Å². The maximum absolute atomic E-state index is 12.6. The van der Waals surface area contributed by atoms with Crippen LogP contribution in [0.3, 0.4) is 0 Å². The van der Waals surface area contributed by atoms with E-state index in [1.54, 1.807) is 11.2 Å². The van der Waals surface area contributed by atoms with E-state index in [9.17, 15) is 9.59 Å². The maximum Gasteiger partial charge on any atom is 0.231 e. The monoisotopic (exact) mass is 339 g/mol. The van der Waals surface area contributed by atoms with Gasteiger partial charge in [0.25, 0.3) is 0 Å². The Labute approximate surface area is 146 Å². The lowest BCUT2D eigenvalue weighted by atomic mass is 9.96. The van der Waals surface area contributed by atoms with Crippen LogP contribution in [0, 0.1) is 5.92 Å². The highest BCUT2D eigenvalue weighted by Gasteiger charge is 2.32. The second-order valence-corrected chi connectivity index (χ2v) is 6.78. The SMILES string of the molecule is O=C(Nc1nncn1C1CC1)C1CCC(=O)N(Cc2ccccc2)C1. The molecule has 1 aliphatic heterocycles. The fraction of sp³-hybridized carbons (Fsp3) is 0.444. The molecule has 7 nitrogen and oxygen atoms in total. The number of amides is 2.